The zero-order chi connectivity index (χ0) is 14.8. The molecule has 0 spiro atoms. The number of nitrogens with zero attached hydrogens (tertiary/aromatic N) is 1. The second-order valence-corrected chi connectivity index (χ2v) is 7.59. The fourth-order valence-electron chi connectivity index (χ4n) is 1.91. The number of thiophene rings is 2. The number of amides is 1. The molecule has 1 N–H and O–H groups in total. The van der Waals surface area contributed by atoms with Crippen molar-refractivity contribution in [1.29, 1.82) is 0 Å². The molecule has 0 saturated carbocycles. The number of aryl methyl sites for hydroxylation is 1. The first-order chi connectivity index (χ1) is 10.1. The number of hydrogen-bond acceptors (Lipinski definition) is 5. The molecule has 1 amide bonds. The smallest absolute Gasteiger partial charge is 0.217 e. The standard InChI is InChI=1S/C15H14N2OS3/c1-9-5-6-19-14(9)15-17-12(8-20-15)13-4-3-11(21-13)7-16-10(2)18/h3-6,8H,7H2,1-2H3,(H,16,18). The molecule has 3 aromatic heterocycles. The van der Waals surface area contributed by atoms with E-state index >= 15 is 0 Å². The highest BCUT2D eigenvalue weighted by molar-refractivity contribution is 7.20. The molecular formula is C15H14N2OS3. The van der Waals surface area contributed by atoms with Crippen molar-refractivity contribution in [3.05, 3.63) is 39.4 Å². The summed E-state index contributed by atoms with van der Waals surface area (Å²) in [5, 5.41) is 8.09. The third-order valence-corrected chi connectivity index (χ3v) is 6.11. The first-order valence-corrected chi connectivity index (χ1v) is 9.04. The van der Waals surface area contributed by atoms with E-state index in [4.69, 9.17) is 4.98 Å². The Morgan fingerprint density at radius 2 is 2.14 bits per heavy atom. The first-order valence-electron chi connectivity index (χ1n) is 6.47. The van der Waals surface area contributed by atoms with Gasteiger partial charge in [-0.05, 0) is 36.1 Å². The van der Waals surface area contributed by atoms with Crippen LogP contribution < -0.4 is 5.32 Å². The summed E-state index contributed by atoms with van der Waals surface area (Å²) in [5.41, 5.74) is 2.29. The van der Waals surface area contributed by atoms with E-state index in [1.54, 1.807) is 34.0 Å². The van der Waals surface area contributed by atoms with E-state index in [0.29, 0.717) is 6.54 Å². The van der Waals surface area contributed by atoms with Crippen molar-refractivity contribution in [2.75, 3.05) is 0 Å². The maximum Gasteiger partial charge on any atom is 0.217 e. The lowest BCUT2D eigenvalue weighted by Gasteiger charge is -1.97. The SMILES string of the molecule is CC(=O)NCc1ccc(-c2csc(-c3sccc3C)n2)s1. The van der Waals surface area contributed by atoms with Crippen molar-refractivity contribution < 1.29 is 4.79 Å². The van der Waals surface area contributed by atoms with Gasteiger partial charge in [0, 0.05) is 17.2 Å². The van der Waals surface area contributed by atoms with Crippen LogP contribution in [0.15, 0.2) is 29.0 Å². The summed E-state index contributed by atoms with van der Waals surface area (Å²) in [6.07, 6.45) is 0. The van der Waals surface area contributed by atoms with Crippen LogP contribution in [0.5, 0.6) is 0 Å². The van der Waals surface area contributed by atoms with Crippen molar-refractivity contribution >= 4 is 39.9 Å². The third-order valence-electron chi connectivity index (χ3n) is 2.99. The predicted octanol–water partition coefficient (Wildman–Crippen LogP) is 4.54. The molecule has 0 fully saturated rings. The van der Waals surface area contributed by atoms with E-state index in [0.717, 1.165) is 20.5 Å². The number of aromatic nitrogens is 1. The Morgan fingerprint density at radius 1 is 1.29 bits per heavy atom. The van der Waals surface area contributed by atoms with Crippen LogP contribution in [0.25, 0.3) is 20.5 Å². The number of thiazole rings is 1. The molecule has 3 aromatic rings. The average Bonchev–Trinajstić information content (AvgIpc) is 3.15. The van der Waals surface area contributed by atoms with Gasteiger partial charge in [-0.25, -0.2) is 4.98 Å². The summed E-state index contributed by atoms with van der Waals surface area (Å²) < 4.78 is 0. The quantitative estimate of drug-likeness (QED) is 0.761. The lowest BCUT2D eigenvalue weighted by atomic mass is 10.3. The molecule has 3 nitrogen and oxygen atoms in total. The maximum atomic E-state index is 10.9. The molecule has 0 aliphatic rings. The van der Waals surface area contributed by atoms with Gasteiger partial charge in [0.1, 0.15) is 5.01 Å². The number of carbonyl (C=O) groups is 1. The molecule has 0 saturated heterocycles. The molecule has 0 radical (unpaired) electrons. The molecule has 0 unspecified atom stereocenters. The zero-order valence-corrected chi connectivity index (χ0v) is 14.1. The van der Waals surface area contributed by atoms with Crippen molar-refractivity contribution in [1.82, 2.24) is 10.3 Å². The van der Waals surface area contributed by atoms with Gasteiger partial charge in [-0.15, -0.1) is 34.0 Å². The van der Waals surface area contributed by atoms with Gasteiger partial charge in [-0.1, -0.05) is 0 Å². The highest BCUT2D eigenvalue weighted by Crippen LogP contribution is 2.36. The van der Waals surface area contributed by atoms with Crippen LogP contribution in [0.1, 0.15) is 17.4 Å². The Bertz CT molecular complexity index is 769. The first kappa shape index (κ1) is 14.4. The molecule has 0 aliphatic carbocycles. The van der Waals surface area contributed by atoms with Crippen molar-refractivity contribution in [3.63, 3.8) is 0 Å². The van der Waals surface area contributed by atoms with Gasteiger partial charge in [0.25, 0.3) is 0 Å². The molecular weight excluding hydrogens is 320 g/mol. The molecule has 0 aliphatic heterocycles. The summed E-state index contributed by atoms with van der Waals surface area (Å²) >= 11 is 5.09. The number of carbonyl (C=O) groups excluding carboxylic acids is 1. The lowest BCUT2D eigenvalue weighted by Crippen LogP contribution is -2.17. The monoisotopic (exact) mass is 334 g/mol. The molecule has 21 heavy (non-hydrogen) atoms. The van der Waals surface area contributed by atoms with Crippen LogP contribution in [0.4, 0.5) is 0 Å². The highest BCUT2D eigenvalue weighted by atomic mass is 32.1. The summed E-state index contributed by atoms with van der Waals surface area (Å²) in [7, 11) is 0. The molecule has 0 atom stereocenters. The van der Waals surface area contributed by atoms with E-state index in [9.17, 15) is 4.79 Å². The van der Waals surface area contributed by atoms with Crippen LogP contribution in [-0.2, 0) is 11.3 Å². The van der Waals surface area contributed by atoms with Crippen LogP contribution >= 0.6 is 34.0 Å². The normalized spacial score (nSPS) is 10.8. The van der Waals surface area contributed by atoms with Gasteiger partial charge in [0.15, 0.2) is 0 Å². The van der Waals surface area contributed by atoms with E-state index in [-0.39, 0.29) is 5.91 Å². The van der Waals surface area contributed by atoms with E-state index in [1.165, 1.54) is 17.4 Å². The van der Waals surface area contributed by atoms with Crippen LogP contribution in [0, 0.1) is 6.92 Å². The minimum Gasteiger partial charge on any atom is -0.351 e. The fourth-order valence-corrected chi connectivity index (χ4v) is 4.81. The Balaban J connectivity index is 1.80. The second kappa shape index (κ2) is 6.09. The molecule has 0 aromatic carbocycles. The van der Waals surface area contributed by atoms with Gasteiger partial charge in [0.2, 0.25) is 5.91 Å². The minimum atomic E-state index is -0.00550. The summed E-state index contributed by atoms with van der Waals surface area (Å²) in [6.45, 7) is 4.23. The lowest BCUT2D eigenvalue weighted by molar-refractivity contribution is -0.119. The van der Waals surface area contributed by atoms with Crippen molar-refractivity contribution in [3.8, 4) is 20.5 Å². The number of hydrogen-bond donors (Lipinski definition) is 1. The fraction of sp³-hybridized carbons (Fsp3) is 0.200. The Hall–Kier alpha value is -1.50. The molecule has 3 rings (SSSR count). The molecule has 6 heteroatoms. The average molecular weight is 334 g/mol. The summed E-state index contributed by atoms with van der Waals surface area (Å²) in [6, 6.07) is 6.24. The largest absolute Gasteiger partial charge is 0.351 e. The Labute approximate surface area is 135 Å². The van der Waals surface area contributed by atoms with E-state index in [2.05, 4.69) is 35.1 Å². The van der Waals surface area contributed by atoms with Gasteiger partial charge in [-0.3, -0.25) is 4.79 Å². The second-order valence-electron chi connectivity index (χ2n) is 4.65. The van der Waals surface area contributed by atoms with Gasteiger partial charge in [0.05, 0.1) is 22.0 Å². The topological polar surface area (TPSA) is 42.0 Å². The Morgan fingerprint density at radius 3 is 2.86 bits per heavy atom. The molecule has 108 valence electrons. The summed E-state index contributed by atoms with van der Waals surface area (Å²) in [4.78, 5) is 19.2. The van der Waals surface area contributed by atoms with Crippen LogP contribution in [-0.4, -0.2) is 10.9 Å². The minimum absolute atomic E-state index is 0.00550. The van der Waals surface area contributed by atoms with Gasteiger partial charge >= 0.3 is 0 Å². The van der Waals surface area contributed by atoms with Crippen molar-refractivity contribution in [2.24, 2.45) is 0 Å². The predicted molar refractivity (Wildman–Crippen MR) is 91.0 cm³/mol. The number of nitrogens with one attached hydrogen (secondary N) is 1. The Kier molecular flexibility index (Phi) is 4.19. The maximum absolute atomic E-state index is 10.9. The highest BCUT2D eigenvalue weighted by Gasteiger charge is 2.11. The van der Waals surface area contributed by atoms with Gasteiger partial charge in [-0.2, -0.15) is 0 Å². The van der Waals surface area contributed by atoms with E-state index in [1.807, 2.05) is 6.07 Å². The molecule has 3 heterocycles. The summed E-state index contributed by atoms with van der Waals surface area (Å²) in [5.74, 6) is -0.00550. The van der Waals surface area contributed by atoms with Crippen LogP contribution in [0.2, 0.25) is 0 Å². The van der Waals surface area contributed by atoms with Crippen molar-refractivity contribution in [2.45, 2.75) is 20.4 Å². The zero-order valence-electron chi connectivity index (χ0n) is 11.7. The molecule has 0 bridgehead atoms. The van der Waals surface area contributed by atoms with Gasteiger partial charge < -0.3 is 5.32 Å². The number of rotatable bonds is 4. The van der Waals surface area contributed by atoms with E-state index < -0.39 is 0 Å². The van der Waals surface area contributed by atoms with Crippen LogP contribution in [0.3, 0.4) is 0 Å². The third kappa shape index (κ3) is 3.23.